The van der Waals surface area contributed by atoms with E-state index in [0.717, 1.165) is 5.56 Å². The van der Waals surface area contributed by atoms with Crippen LogP contribution in [0.2, 0.25) is 0 Å². The molecule has 4 heteroatoms. The van der Waals surface area contributed by atoms with Gasteiger partial charge < -0.3 is 9.73 Å². The molecule has 0 saturated heterocycles. The first-order valence-electron chi connectivity index (χ1n) is 5.22. The van der Waals surface area contributed by atoms with E-state index in [1.54, 1.807) is 24.3 Å². The minimum absolute atomic E-state index is 0.238. The maximum absolute atomic E-state index is 12.6. The fraction of sp³-hybridized carbons (Fsp3) is 0.154. The van der Waals surface area contributed by atoms with E-state index in [9.17, 15) is 4.39 Å². The molecule has 17 heavy (non-hydrogen) atoms. The summed E-state index contributed by atoms with van der Waals surface area (Å²) >= 11 is 0. The van der Waals surface area contributed by atoms with Crippen molar-refractivity contribution >= 4 is 0 Å². The summed E-state index contributed by atoms with van der Waals surface area (Å²) in [7, 11) is 0. The molecule has 2 rings (SSSR count). The number of halogens is 1. The van der Waals surface area contributed by atoms with Crippen LogP contribution in [0, 0.1) is 17.1 Å². The maximum Gasteiger partial charge on any atom is 0.203 e. The Hall–Kier alpha value is -2.12. The van der Waals surface area contributed by atoms with Gasteiger partial charge in [0, 0.05) is 6.54 Å². The van der Waals surface area contributed by atoms with Crippen molar-refractivity contribution in [3.8, 4) is 6.07 Å². The summed E-state index contributed by atoms with van der Waals surface area (Å²) in [6.45, 7) is 1.17. The third-order valence-corrected chi connectivity index (χ3v) is 2.31. The van der Waals surface area contributed by atoms with Gasteiger partial charge in [0.25, 0.3) is 0 Å². The maximum atomic E-state index is 12.6. The van der Waals surface area contributed by atoms with Crippen LogP contribution in [0.3, 0.4) is 0 Å². The van der Waals surface area contributed by atoms with Crippen molar-refractivity contribution < 1.29 is 8.81 Å². The van der Waals surface area contributed by atoms with E-state index in [1.807, 2.05) is 6.07 Å². The first-order valence-corrected chi connectivity index (χ1v) is 5.22. The summed E-state index contributed by atoms with van der Waals surface area (Å²) in [4.78, 5) is 0. The zero-order chi connectivity index (χ0) is 12.1. The van der Waals surface area contributed by atoms with E-state index in [4.69, 9.17) is 9.68 Å². The van der Waals surface area contributed by atoms with Gasteiger partial charge >= 0.3 is 0 Å². The van der Waals surface area contributed by atoms with Gasteiger partial charge in [0.15, 0.2) is 0 Å². The highest BCUT2D eigenvalue weighted by atomic mass is 19.1. The van der Waals surface area contributed by atoms with Crippen LogP contribution in [-0.2, 0) is 13.1 Å². The van der Waals surface area contributed by atoms with Crippen LogP contribution in [0.15, 0.2) is 40.8 Å². The molecule has 2 aromatic rings. The van der Waals surface area contributed by atoms with Crippen molar-refractivity contribution in [2.75, 3.05) is 0 Å². The molecule has 0 atom stereocenters. The largest absolute Gasteiger partial charge is 0.449 e. The number of nitrogens with one attached hydrogen (secondary N) is 1. The number of rotatable bonds is 4. The summed E-state index contributed by atoms with van der Waals surface area (Å²) in [5.41, 5.74) is 0.999. The molecule has 0 spiro atoms. The zero-order valence-corrected chi connectivity index (χ0v) is 9.11. The van der Waals surface area contributed by atoms with E-state index >= 15 is 0 Å². The second-order valence-electron chi connectivity index (χ2n) is 3.61. The van der Waals surface area contributed by atoms with Crippen LogP contribution in [-0.4, -0.2) is 0 Å². The highest BCUT2D eigenvalue weighted by Crippen LogP contribution is 2.07. The van der Waals surface area contributed by atoms with Crippen molar-refractivity contribution in [3.63, 3.8) is 0 Å². The van der Waals surface area contributed by atoms with Crippen LogP contribution >= 0.6 is 0 Å². The Kier molecular flexibility index (Phi) is 3.53. The number of hydrogen-bond acceptors (Lipinski definition) is 3. The lowest BCUT2D eigenvalue weighted by Gasteiger charge is -2.02. The van der Waals surface area contributed by atoms with Gasteiger partial charge in [0.05, 0.1) is 6.54 Å². The minimum Gasteiger partial charge on any atom is -0.449 e. The number of hydrogen-bond donors (Lipinski definition) is 1. The molecule has 0 amide bonds. The minimum atomic E-state index is -0.238. The molecule has 3 nitrogen and oxygen atoms in total. The van der Waals surface area contributed by atoms with Crippen molar-refractivity contribution in [3.05, 3.63) is 59.3 Å². The smallest absolute Gasteiger partial charge is 0.203 e. The Balaban J connectivity index is 1.83. The molecule has 0 fully saturated rings. The fourth-order valence-electron chi connectivity index (χ4n) is 1.47. The molecule has 0 unspecified atom stereocenters. The number of nitriles is 1. The van der Waals surface area contributed by atoms with Gasteiger partial charge in [-0.2, -0.15) is 5.26 Å². The molecule has 0 bridgehead atoms. The lowest BCUT2D eigenvalue weighted by molar-refractivity contribution is 0.474. The summed E-state index contributed by atoms with van der Waals surface area (Å²) in [5.74, 6) is 0.783. The van der Waals surface area contributed by atoms with Gasteiger partial charge in [-0.05, 0) is 29.8 Å². The van der Waals surface area contributed by atoms with Gasteiger partial charge in [0.2, 0.25) is 5.76 Å². The lowest BCUT2D eigenvalue weighted by Crippen LogP contribution is -2.11. The topological polar surface area (TPSA) is 49.0 Å². The standard InChI is InChI=1S/C13H11FN2O/c14-11-3-1-10(2-4-11)8-16-9-13-6-5-12(7-15)17-13/h1-6,16H,8-9H2. The monoisotopic (exact) mass is 230 g/mol. The van der Waals surface area contributed by atoms with Crippen LogP contribution in [0.4, 0.5) is 4.39 Å². The van der Waals surface area contributed by atoms with Crippen LogP contribution in [0.1, 0.15) is 17.1 Å². The van der Waals surface area contributed by atoms with Gasteiger partial charge in [-0.1, -0.05) is 12.1 Å². The molecule has 0 radical (unpaired) electrons. The highest BCUT2D eigenvalue weighted by Gasteiger charge is 2.00. The fourth-order valence-corrected chi connectivity index (χ4v) is 1.47. The number of benzene rings is 1. The normalized spacial score (nSPS) is 10.1. The van der Waals surface area contributed by atoms with E-state index in [2.05, 4.69) is 5.32 Å². The average molecular weight is 230 g/mol. The van der Waals surface area contributed by atoms with Crippen molar-refractivity contribution in [1.82, 2.24) is 5.32 Å². The third-order valence-electron chi connectivity index (χ3n) is 2.31. The molecule has 0 aliphatic carbocycles. The van der Waals surface area contributed by atoms with E-state index in [1.165, 1.54) is 12.1 Å². The predicted molar refractivity (Wildman–Crippen MR) is 60.4 cm³/mol. The van der Waals surface area contributed by atoms with Crippen molar-refractivity contribution in [2.24, 2.45) is 0 Å². The first kappa shape index (κ1) is 11.4. The van der Waals surface area contributed by atoms with E-state index in [0.29, 0.717) is 24.6 Å². The molecule has 0 aliphatic rings. The van der Waals surface area contributed by atoms with Gasteiger partial charge in [0.1, 0.15) is 17.6 Å². The molecular formula is C13H11FN2O. The Morgan fingerprint density at radius 2 is 1.88 bits per heavy atom. The Labute approximate surface area is 98.5 Å². The second-order valence-corrected chi connectivity index (χ2v) is 3.61. The van der Waals surface area contributed by atoms with Crippen LogP contribution in [0.5, 0.6) is 0 Å². The Morgan fingerprint density at radius 1 is 1.12 bits per heavy atom. The highest BCUT2D eigenvalue weighted by molar-refractivity contribution is 5.19. The molecule has 0 aliphatic heterocycles. The first-order chi connectivity index (χ1) is 8.28. The van der Waals surface area contributed by atoms with Gasteiger partial charge in [-0.25, -0.2) is 4.39 Å². The Morgan fingerprint density at radius 3 is 2.53 bits per heavy atom. The molecule has 1 aromatic heterocycles. The predicted octanol–water partition coefficient (Wildman–Crippen LogP) is 2.58. The molecular weight excluding hydrogens is 219 g/mol. The second kappa shape index (κ2) is 5.28. The van der Waals surface area contributed by atoms with Crippen molar-refractivity contribution in [2.45, 2.75) is 13.1 Å². The van der Waals surface area contributed by atoms with Crippen LogP contribution < -0.4 is 5.32 Å². The summed E-state index contributed by atoms with van der Waals surface area (Å²) in [5, 5.41) is 11.7. The molecule has 1 heterocycles. The zero-order valence-electron chi connectivity index (χ0n) is 9.11. The van der Waals surface area contributed by atoms with E-state index < -0.39 is 0 Å². The molecule has 1 aromatic carbocycles. The summed E-state index contributed by atoms with van der Waals surface area (Å²) < 4.78 is 17.9. The number of nitrogens with zero attached hydrogens (tertiary/aromatic N) is 1. The quantitative estimate of drug-likeness (QED) is 0.878. The van der Waals surface area contributed by atoms with Gasteiger partial charge in [-0.15, -0.1) is 0 Å². The van der Waals surface area contributed by atoms with Crippen LogP contribution in [0.25, 0.3) is 0 Å². The summed E-state index contributed by atoms with van der Waals surface area (Å²) in [6.07, 6.45) is 0. The number of furan rings is 1. The summed E-state index contributed by atoms with van der Waals surface area (Å²) in [6, 6.07) is 11.6. The Bertz CT molecular complexity index is 525. The van der Waals surface area contributed by atoms with Gasteiger partial charge in [-0.3, -0.25) is 0 Å². The average Bonchev–Trinajstić information content (AvgIpc) is 2.80. The lowest BCUT2D eigenvalue weighted by atomic mass is 10.2. The third kappa shape index (κ3) is 3.16. The molecule has 86 valence electrons. The molecule has 0 saturated carbocycles. The molecule has 1 N–H and O–H groups in total. The van der Waals surface area contributed by atoms with E-state index in [-0.39, 0.29) is 5.82 Å². The van der Waals surface area contributed by atoms with Crippen molar-refractivity contribution in [1.29, 1.82) is 5.26 Å². The SMILES string of the molecule is N#Cc1ccc(CNCc2ccc(F)cc2)o1.